The number of aliphatic hydroxyl groups is 1. The number of allylic oxidation sites excluding steroid dienone is 2. The van der Waals surface area contributed by atoms with E-state index >= 15 is 0 Å². The molecule has 0 saturated carbocycles. The number of aliphatic imine (C=N–C) groups is 2. The molecule has 0 spiro atoms. The summed E-state index contributed by atoms with van der Waals surface area (Å²) in [4.78, 5) is 70.6. The van der Waals surface area contributed by atoms with Crippen molar-refractivity contribution >= 4 is 67.8 Å². The molecule has 6 aromatic carbocycles. The van der Waals surface area contributed by atoms with Crippen molar-refractivity contribution in [3.63, 3.8) is 0 Å². The van der Waals surface area contributed by atoms with Gasteiger partial charge >= 0.3 is 22.3 Å². The molecule has 4 atom stereocenters. The number of β-lactam (4-membered cyclic amide) rings is 2. The van der Waals surface area contributed by atoms with E-state index in [1.807, 2.05) is 177 Å². The Morgan fingerprint density at radius 1 is 0.538 bits per heavy atom. The number of carbonyl (C=O) groups excluding carboxylic acids is 4. The number of nitrogens with one attached hydrogen (secondary N) is 1. The zero-order valence-corrected chi connectivity index (χ0v) is 54.4. The molecule has 490 valence electrons. The van der Waals surface area contributed by atoms with Gasteiger partial charge in [0.25, 0.3) is 11.8 Å². The molecule has 24 heteroatoms. The molecule has 0 radical (unpaired) electrons. The number of likely N-dealkylation sites (tertiary alicyclic amines) is 2. The number of esters is 2. The zero-order chi connectivity index (χ0) is 65.7. The Bertz CT molecular complexity index is 3570. The van der Waals surface area contributed by atoms with E-state index in [1.165, 1.54) is 23.6 Å². The van der Waals surface area contributed by atoms with Crippen LogP contribution in [0.5, 0.6) is 0 Å². The number of carbonyl (C=O) groups is 4. The molecule has 13 rings (SSSR count). The van der Waals surface area contributed by atoms with Crippen LogP contribution >= 0.6 is 23.5 Å². The third kappa shape index (κ3) is 19.5. The summed E-state index contributed by atoms with van der Waals surface area (Å²) >= 11 is 3.00. The van der Waals surface area contributed by atoms with Crippen molar-refractivity contribution in [2.75, 3.05) is 86.0 Å². The monoisotopic (exact) mass is 1320 g/mol. The van der Waals surface area contributed by atoms with Crippen LogP contribution in [-0.2, 0) is 66.1 Å². The van der Waals surface area contributed by atoms with Gasteiger partial charge in [-0.05, 0) is 54.3 Å². The Labute approximate surface area is 551 Å². The quantitative estimate of drug-likeness (QED) is 0.0246. The Hall–Kier alpha value is -8.01. The first-order valence-electron chi connectivity index (χ1n) is 30.5. The van der Waals surface area contributed by atoms with E-state index in [4.69, 9.17) is 46.2 Å². The summed E-state index contributed by atoms with van der Waals surface area (Å²) in [6, 6.07) is 57.1. The van der Waals surface area contributed by atoms with E-state index in [0.717, 1.165) is 102 Å². The Kier molecular flexibility index (Phi) is 25.5. The van der Waals surface area contributed by atoms with Gasteiger partial charge in [-0.2, -0.15) is 8.42 Å². The number of hydrogen-bond acceptors (Lipinski definition) is 19. The highest BCUT2D eigenvalue weighted by Gasteiger charge is 2.57. The molecule has 5 fully saturated rings. The van der Waals surface area contributed by atoms with Crippen molar-refractivity contribution in [3.05, 3.63) is 238 Å². The number of rotatable bonds is 15. The summed E-state index contributed by atoms with van der Waals surface area (Å²) in [5.41, 5.74) is 6.41. The van der Waals surface area contributed by atoms with E-state index in [9.17, 15) is 24.3 Å². The maximum absolute atomic E-state index is 14.1. The van der Waals surface area contributed by atoms with E-state index < -0.39 is 46.6 Å². The van der Waals surface area contributed by atoms with Crippen LogP contribution in [0.25, 0.3) is 0 Å². The van der Waals surface area contributed by atoms with E-state index in [1.54, 1.807) is 16.7 Å². The molecule has 0 bridgehead atoms. The van der Waals surface area contributed by atoms with Crippen LogP contribution in [0.3, 0.4) is 0 Å². The minimum absolute atomic E-state index is 0.142. The second-order valence-corrected chi connectivity index (χ2v) is 25.4. The highest BCUT2D eigenvalue weighted by Crippen LogP contribution is 2.45. The smallest absolute Gasteiger partial charge is 0.394 e. The number of fused-ring (bicyclic) bond motifs is 2. The Morgan fingerprint density at radius 3 is 1.17 bits per heavy atom. The first kappa shape index (κ1) is 69.3. The van der Waals surface area contributed by atoms with Gasteiger partial charge in [-0.25, -0.2) is 9.59 Å². The standard InChI is InChI=1S/C32H31N3O4S.C28H24N2O4S.C5H11NO.C4H9NO.H2O4S/c1-22(34-17-19-38-20-18-34)28(32(37)39-29(24-13-7-3-8-14-24)25-15-9-4-10-16-25)35-30(36)27-31(35)40-26(33-27)21-23-11-5-2-6-12-23;1-18(31)24(28(33)34-25(20-13-7-3-8-14-20)21-15-9-4-10-16-21)30-26(32)23-27(30)35-22(29-23)17-19-11-5-2-6-12-19;1-6-2-4-7-5-3-6;1-3-6-4-2-5-1;1-5(2,3)4/h2-16,27,29,31H,17-21H2,1H3;2-16,23,25,27,31H,17H2,1H3;2-5H2,1H3;5H,1-4H2;(H2,1,2,3,4)/b28-22+;24-18+;;;. The number of likely N-dealkylation sites (N-methyl/N-ethyl adjacent to an activating group) is 1. The van der Waals surface area contributed by atoms with Crippen molar-refractivity contribution in [3.8, 4) is 0 Å². The van der Waals surface area contributed by atoms with Crippen LogP contribution in [-0.4, -0.2) is 185 Å². The highest BCUT2D eigenvalue weighted by atomic mass is 32.3. The van der Waals surface area contributed by atoms with Crippen LogP contribution in [0.1, 0.15) is 59.4 Å². The zero-order valence-electron chi connectivity index (χ0n) is 51.9. The maximum Gasteiger partial charge on any atom is 0.394 e. The van der Waals surface area contributed by atoms with Crippen molar-refractivity contribution in [2.24, 2.45) is 9.98 Å². The fourth-order valence-electron chi connectivity index (χ4n) is 10.8. The van der Waals surface area contributed by atoms with Gasteiger partial charge in [0.1, 0.15) is 22.2 Å². The van der Waals surface area contributed by atoms with Gasteiger partial charge in [0.05, 0.1) is 49.7 Å². The van der Waals surface area contributed by atoms with Gasteiger partial charge in [0, 0.05) is 57.8 Å². The number of aliphatic hydroxyl groups excluding tert-OH is 1. The summed E-state index contributed by atoms with van der Waals surface area (Å²) < 4.78 is 59.4. The first-order valence-corrected chi connectivity index (χ1v) is 33.7. The van der Waals surface area contributed by atoms with Crippen LogP contribution in [0.2, 0.25) is 0 Å². The number of ether oxygens (including phenoxy) is 5. The number of hydrogen-bond donors (Lipinski definition) is 4. The largest absolute Gasteiger partial charge is 0.510 e. The molecular formula is C69H77N7O14S3. The van der Waals surface area contributed by atoms with E-state index in [2.05, 4.69) is 39.3 Å². The molecule has 6 aromatic rings. The number of benzene rings is 6. The van der Waals surface area contributed by atoms with Crippen molar-refractivity contribution in [1.29, 1.82) is 0 Å². The second-order valence-electron chi connectivity index (χ2n) is 22.1. The lowest BCUT2D eigenvalue weighted by Gasteiger charge is -2.43. The topological polar surface area (TPSA) is 259 Å². The molecule has 5 saturated heterocycles. The van der Waals surface area contributed by atoms with Gasteiger partial charge < -0.3 is 43.9 Å². The molecule has 7 aliphatic heterocycles. The molecule has 7 heterocycles. The summed E-state index contributed by atoms with van der Waals surface area (Å²) in [5.74, 6) is -2.03. The summed E-state index contributed by atoms with van der Waals surface area (Å²) in [6.45, 7) is 13.6. The van der Waals surface area contributed by atoms with Gasteiger partial charge in [0.15, 0.2) is 30.0 Å². The van der Waals surface area contributed by atoms with Crippen LogP contribution in [0.15, 0.2) is 215 Å². The summed E-state index contributed by atoms with van der Waals surface area (Å²) in [7, 11) is -2.55. The van der Waals surface area contributed by atoms with Crippen molar-refractivity contribution in [1.82, 2.24) is 24.9 Å². The van der Waals surface area contributed by atoms with Crippen molar-refractivity contribution < 1.29 is 65.5 Å². The van der Waals surface area contributed by atoms with Crippen molar-refractivity contribution in [2.45, 2.75) is 61.7 Å². The predicted molar refractivity (Wildman–Crippen MR) is 357 cm³/mol. The van der Waals surface area contributed by atoms with Gasteiger partial charge in [-0.3, -0.25) is 38.5 Å². The lowest BCUT2D eigenvalue weighted by atomic mass is 10.0. The van der Waals surface area contributed by atoms with Crippen LogP contribution < -0.4 is 5.32 Å². The van der Waals surface area contributed by atoms with Crippen LogP contribution in [0, 0.1) is 0 Å². The number of thioether (sulfide) groups is 2. The molecule has 4 N–H and O–H groups in total. The average molecular weight is 1320 g/mol. The molecular weight excluding hydrogens is 1250 g/mol. The third-order valence-electron chi connectivity index (χ3n) is 15.5. The Balaban J connectivity index is 0.000000173. The lowest BCUT2D eigenvalue weighted by molar-refractivity contribution is -0.153. The van der Waals surface area contributed by atoms with E-state index in [-0.39, 0.29) is 39.7 Å². The molecule has 2 amide bonds. The molecule has 21 nitrogen and oxygen atoms in total. The minimum Gasteiger partial charge on any atom is -0.510 e. The Morgan fingerprint density at radius 2 is 0.860 bits per heavy atom. The molecule has 0 aromatic heterocycles. The third-order valence-corrected chi connectivity index (χ3v) is 17.9. The number of nitrogens with zero attached hydrogens (tertiary/aromatic N) is 6. The lowest BCUT2D eigenvalue weighted by Crippen LogP contribution is -2.61. The predicted octanol–water partition coefficient (Wildman–Crippen LogP) is 8.74. The fraction of sp³-hybridized carbons (Fsp3) is 0.333. The van der Waals surface area contributed by atoms with E-state index in [0.29, 0.717) is 39.1 Å². The SMILES string of the molecule is C/C(=C(/C(=O)OC(c1ccccc1)c1ccccc1)N1C(=O)C2N=C(Cc3ccccc3)SC21)N1CCOCC1.C/C(O)=C(/C(=O)OC(c1ccccc1)c1ccccc1)N1C(=O)C2N=C(Cc3ccccc3)SC21.C1COCCN1.CN1CCOCC1.O=S(=O)(O)O. The number of amides is 2. The van der Waals surface area contributed by atoms with Gasteiger partial charge in [-0.1, -0.05) is 206 Å². The molecule has 4 unspecified atom stereocenters. The second kappa shape index (κ2) is 34.2. The minimum atomic E-state index is -4.67. The average Bonchev–Trinajstić information content (AvgIpc) is 1.66. The molecule has 93 heavy (non-hydrogen) atoms. The van der Waals surface area contributed by atoms with Gasteiger partial charge in [0.2, 0.25) is 0 Å². The number of morpholine rings is 3. The molecule has 0 aliphatic carbocycles. The van der Waals surface area contributed by atoms with Crippen LogP contribution in [0.4, 0.5) is 0 Å². The fourth-order valence-corrected chi connectivity index (χ4v) is 13.4. The first-order chi connectivity index (χ1) is 45.0. The summed E-state index contributed by atoms with van der Waals surface area (Å²) in [5, 5.41) is 14.7. The van der Waals surface area contributed by atoms with Gasteiger partial charge in [-0.15, -0.1) is 0 Å². The maximum atomic E-state index is 14.1. The highest BCUT2D eigenvalue weighted by molar-refractivity contribution is 8.15. The normalized spacial score (nSPS) is 20.4. The summed E-state index contributed by atoms with van der Waals surface area (Å²) in [6.07, 6.45) is -0.0238. The molecule has 7 aliphatic rings.